The quantitative estimate of drug-likeness (QED) is 0.918. The van der Waals surface area contributed by atoms with Crippen LogP contribution in [-0.4, -0.2) is 24.1 Å². The molecule has 3 rings (SSSR count). The van der Waals surface area contributed by atoms with Crippen molar-refractivity contribution in [3.05, 3.63) is 34.5 Å². The summed E-state index contributed by atoms with van der Waals surface area (Å²) in [4.78, 5) is 12.4. The van der Waals surface area contributed by atoms with E-state index in [9.17, 15) is 13.2 Å². The predicted octanol–water partition coefficient (Wildman–Crippen LogP) is 1.63. The lowest BCUT2D eigenvalue weighted by atomic mass is 9.95. The Hall–Kier alpha value is -2.09. The molecule has 1 N–H and O–H groups in total. The van der Waals surface area contributed by atoms with Gasteiger partial charge in [-0.1, -0.05) is 0 Å². The van der Waals surface area contributed by atoms with Crippen LogP contribution in [0.2, 0.25) is 0 Å². The minimum absolute atomic E-state index is 0.0202. The van der Waals surface area contributed by atoms with Gasteiger partial charge in [-0.2, -0.15) is 5.10 Å². The molecule has 23 heavy (non-hydrogen) atoms. The second-order valence-electron chi connectivity index (χ2n) is 5.82. The number of rotatable bonds is 3. The first-order chi connectivity index (χ1) is 10.8. The van der Waals surface area contributed by atoms with E-state index in [1.54, 1.807) is 25.6 Å². The van der Waals surface area contributed by atoms with Crippen molar-refractivity contribution in [2.45, 2.75) is 44.4 Å². The summed E-state index contributed by atoms with van der Waals surface area (Å²) < 4.78 is 33.8. The van der Waals surface area contributed by atoms with Crippen LogP contribution in [0.4, 0.5) is 0 Å². The van der Waals surface area contributed by atoms with Crippen molar-refractivity contribution < 1.29 is 17.6 Å². The first kappa shape index (κ1) is 15.8. The Morgan fingerprint density at radius 1 is 1.30 bits per heavy atom. The van der Waals surface area contributed by atoms with Crippen molar-refractivity contribution in [2.75, 3.05) is 0 Å². The van der Waals surface area contributed by atoms with Crippen LogP contribution in [0.3, 0.4) is 0 Å². The van der Waals surface area contributed by atoms with E-state index in [1.807, 2.05) is 0 Å². The molecule has 0 bridgehead atoms. The highest BCUT2D eigenvalue weighted by Gasteiger charge is 2.28. The molecule has 0 unspecified atom stereocenters. The Balaban J connectivity index is 1.92. The molecule has 0 radical (unpaired) electrons. The standard InChI is InChI=1S/C15H19N3O4S/c1-9-8-13(10(2)22-9)23(20,21)17-15(19)14-11-6-4-5-7-12(11)18(3)16-14/h8H,4-7H2,1-3H3,(H,17,19). The van der Waals surface area contributed by atoms with E-state index in [0.717, 1.165) is 36.9 Å². The minimum atomic E-state index is -3.98. The molecule has 8 heteroatoms. The van der Waals surface area contributed by atoms with Gasteiger partial charge in [0.2, 0.25) is 0 Å². The smallest absolute Gasteiger partial charge is 0.285 e. The number of nitrogens with one attached hydrogen (secondary N) is 1. The third kappa shape index (κ3) is 2.78. The molecule has 124 valence electrons. The fourth-order valence-corrected chi connectivity index (χ4v) is 4.25. The lowest BCUT2D eigenvalue weighted by Crippen LogP contribution is -2.31. The van der Waals surface area contributed by atoms with Gasteiger partial charge >= 0.3 is 0 Å². The molecule has 0 atom stereocenters. The largest absolute Gasteiger partial charge is 0.465 e. The number of hydrogen-bond donors (Lipinski definition) is 1. The van der Waals surface area contributed by atoms with Gasteiger partial charge in [0.1, 0.15) is 16.4 Å². The number of fused-ring (bicyclic) bond motifs is 1. The van der Waals surface area contributed by atoms with Crippen molar-refractivity contribution in [3.8, 4) is 0 Å². The first-order valence-corrected chi connectivity index (χ1v) is 8.97. The molecule has 0 saturated carbocycles. The number of carbonyl (C=O) groups is 1. The summed E-state index contributed by atoms with van der Waals surface area (Å²) in [6, 6.07) is 1.40. The number of aryl methyl sites for hydroxylation is 3. The van der Waals surface area contributed by atoms with Gasteiger partial charge in [-0.25, -0.2) is 13.1 Å². The summed E-state index contributed by atoms with van der Waals surface area (Å²) >= 11 is 0. The van der Waals surface area contributed by atoms with E-state index in [0.29, 0.717) is 5.76 Å². The third-order valence-electron chi connectivity index (χ3n) is 4.09. The van der Waals surface area contributed by atoms with Gasteiger partial charge in [0.05, 0.1) is 0 Å². The third-order valence-corrected chi connectivity index (χ3v) is 5.53. The molecule has 0 fully saturated rings. The highest BCUT2D eigenvalue weighted by atomic mass is 32.2. The van der Waals surface area contributed by atoms with Crippen molar-refractivity contribution in [1.29, 1.82) is 0 Å². The lowest BCUT2D eigenvalue weighted by Gasteiger charge is -2.12. The van der Waals surface area contributed by atoms with Crippen molar-refractivity contribution in [2.24, 2.45) is 7.05 Å². The Kier molecular flexibility index (Phi) is 3.79. The van der Waals surface area contributed by atoms with E-state index in [1.165, 1.54) is 6.07 Å². The van der Waals surface area contributed by atoms with E-state index >= 15 is 0 Å². The van der Waals surface area contributed by atoms with E-state index in [2.05, 4.69) is 9.82 Å². The summed E-state index contributed by atoms with van der Waals surface area (Å²) in [6.07, 6.45) is 3.64. The normalized spacial score (nSPS) is 14.6. The molecule has 0 spiro atoms. The zero-order chi connectivity index (χ0) is 16.8. The number of nitrogens with zero attached hydrogens (tertiary/aromatic N) is 2. The van der Waals surface area contributed by atoms with Crippen molar-refractivity contribution in [1.82, 2.24) is 14.5 Å². The molecule has 2 heterocycles. The number of hydrogen-bond acceptors (Lipinski definition) is 5. The number of carbonyl (C=O) groups excluding carboxylic acids is 1. The number of amides is 1. The van der Waals surface area contributed by atoms with Gasteiger partial charge in [-0.3, -0.25) is 9.48 Å². The molecule has 2 aromatic heterocycles. The zero-order valence-electron chi connectivity index (χ0n) is 13.3. The van der Waals surface area contributed by atoms with Crippen molar-refractivity contribution in [3.63, 3.8) is 0 Å². The van der Waals surface area contributed by atoms with Gasteiger partial charge in [-0.15, -0.1) is 0 Å². The summed E-state index contributed by atoms with van der Waals surface area (Å²) in [5.41, 5.74) is 2.06. The fraction of sp³-hybridized carbons (Fsp3) is 0.467. The van der Waals surface area contributed by atoms with Crippen LogP contribution in [0, 0.1) is 13.8 Å². The average Bonchev–Trinajstić information content (AvgIpc) is 2.99. The molecule has 7 nitrogen and oxygen atoms in total. The molecule has 0 saturated heterocycles. The highest BCUT2D eigenvalue weighted by Crippen LogP contribution is 2.25. The van der Waals surface area contributed by atoms with Crippen LogP contribution in [-0.2, 0) is 29.9 Å². The second kappa shape index (κ2) is 5.52. The van der Waals surface area contributed by atoms with E-state index < -0.39 is 15.9 Å². The lowest BCUT2D eigenvalue weighted by molar-refractivity contribution is 0.0975. The molecule has 0 aliphatic heterocycles. The Bertz CT molecular complexity index is 877. The molecule has 1 amide bonds. The summed E-state index contributed by atoms with van der Waals surface area (Å²) in [6.45, 7) is 3.21. The average molecular weight is 337 g/mol. The van der Waals surface area contributed by atoms with Gasteiger partial charge < -0.3 is 4.42 Å². The maximum absolute atomic E-state index is 12.4. The predicted molar refractivity (Wildman–Crippen MR) is 82.7 cm³/mol. The molecular formula is C15H19N3O4S. The molecule has 2 aromatic rings. The number of aromatic nitrogens is 2. The van der Waals surface area contributed by atoms with Crippen LogP contribution in [0.15, 0.2) is 15.4 Å². The minimum Gasteiger partial charge on any atom is -0.465 e. The zero-order valence-corrected chi connectivity index (χ0v) is 14.2. The maximum atomic E-state index is 12.4. The van der Waals surface area contributed by atoms with Crippen LogP contribution in [0.5, 0.6) is 0 Å². The molecular weight excluding hydrogens is 318 g/mol. The molecule has 1 aliphatic rings. The maximum Gasteiger partial charge on any atom is 0.285 e. The summed E-state index contributed by atoms with van der Waals surface area (Å²) in [5.74, 6) is 0.0402. The van der Waals surface area contributed by atoms with Crippen LogP contribution in [0.25, 0.3) is 0 Å². The fourth-order valence-electron chi connectivity index (χ4n) is 3.05. The topological polar surface area (TPSA) is 94.2 Å². The van der Waals surface area contributed by atoms with Crippen LogP contribution >= 0.6 is 0 Å². The highest BCUT2D eigenvalue weighted by molar-refractivity contribution is 7.90. The van der Waals surface area contributed by atoms with Crippen molar-refractivity contribution >= 4 is 15.9 Å². The number of furan rings is 1. The summed E-state index contributed by atoms with van der Waals surface area (Å²) in [7, 11) is -2.20. The van der Waals surface area contributed by atoms with Crippen LogP contribution in [0.1, 0.15) is 46.1 Å². The molecule has 0 aromatic carbocycles. The molecule has 1 aliphatic carbocycles. The summed E-state index contributed by atoms with van der Waals surface area (Å²) in [5, 5.41) is 4.21. The van der Waals surface area contributed by atoms with E-state index in [-0.39, 0.29) is 16.3 Å². The number of sulfonamides is 1. The van der Waals surface area contributed by atoms with Crippen LogP contribution < -0.4 is 4.72 Å². The second-order valence-corrected chi connectivity index (χ2v) is 7.47. The SMILES string of the molecule is Cc1cc(S(=O)(=O)NC(=O)c2nn(C)c3c2CCCC3)c(C)o1. The van der Waals surface area contributed by atoms with Gasteiger partial charge in [0.15, 0.2) is 5.69 Å². The van der Waals surface area contributed by atoms with Gasteiger partial charge in [0, 0.05) is 24.4 Å². The first-order valence-electron chi connectivity index (χ1n) is 7.48. The van der Waals surface area contributed by atoms with E-state index in [4.69, 9.17) is 4.42 Å². The Morgan fingerprint density at radius 2 is 2.00 bits per heavy atom. The Morgan fingerprint density at radius 3 is 2.65 bits per heavy atom. The monoisotopic (exact) mass is 337 g/mol. The Labute approximate surface area is 134 Å². The van der Waals surface area contributed by atoms with Gasteiger partial charge in [-0.05, 0) is 39.5 Å². The van der Waals surface area contributed by atoms with Gasteiger partial charge in [0.25, 0.3) is 15.9 Å².